The van der Waals surface area contributed by atoms with Crippen molar-refractivity contribution in [2.75, 3.05) is 0 Å². The summed E-state index contributed by atoms with van der Waals surface area (Å²) in [5.41, 5.74) is 6.64. The van der Waals surface area contributed by atoms with E-state index in [2.05, 4.69) is 4.98 Å². The summed E-state index contributed by atoms with van der Waals surface area (Å²) < 4.78 is 27.0. The summed E-state index contributed by atoms with van der Waals surface area (Å²) in [4.78, 5) is 16.2. The lowest BCUT2D eigenvalue weighted by Crippen LogP contribution is -2.13. The quantitative estimate of drug-likeness (QED) is 0.853. The maximum atomic E-state index is 13.2. The van der Waals surface area contributed by atoms with Crippen LogP contribution < -0.4 is 5.73 Å². The van der Waals surface area contributed by atoms with Gasteiger partial charge in [-0.05, 0) is 31.5 Å². The van der Waals surface area contributed by atoms with Gasteiger partial charge in [-0.1, -0.05) is 17.8 Å². The molecule has 1 aromatic heterocycles. The molecule has 0 unspecified atom stereocenters. The third kappa shape index (κ3) is 4.01. The van der Waals surface area contributed by atoms with E-state index in [0.29, 0.717) is 5.56 Å². The zero-order valence-electron chi connectivity index (χ0n) is 11.5. The topological polar surface area (TPSA) is 56.0 Å². The molecular formula is C14H14F2N2OS2. The second-order valence-electron chi connectivity index (χ2n) is 4.57. The number of amides is 1. The Balaban J connectivity index is 2.13. The molecule has 21 heavy (non-hydrogen) atoms. The molecule has 2 N–H and O–H groups in total. The van der Waals surface area contributed by atoms with Crippen LogP contribution in [-0.2, 0) is 11.2 Å². The number of hydrogen-bond acceptors (Lipinski definition) is 4. The fraction of sp³-hybridized carbons (Fsp3) is 0.286. The average Bonchev–Trinajstić information content (AvgIpc) is 2.72. The number of nitrogens with two attached hydrogens (primary N) is 1. The predicted octanol–water partition coefficient (Wildman–Crippen LogP) is 3.61. The van der Waals surface area contributed by atoms with Crippen LogP contribution in [0, 0.1) is 18.6 Å². The molecule has 112 valence electrons. The molecule has 2 aromatic rings. The van der Waals surface area contributed by atoms with E-state index in [4.69, 9.17) is 5.73 Å². The van der Waals surface area contributed by atoms with Gasteiger partial charge in [0.2, 0.25) is 5.91 Å². The lowest BCUT2D eigenvalue weighted by molar-refractivity contribution is -0.117. The number of carbonyl (C=O) groups is 1. The van der Waals surface area contributed by atoms with Crippen LogP contribution >= 0.6 is 23.1 Å². The summed E-state index contributed by atoms with van der Waals surface area (Å²) in [6, 6.07) is 3.87. The number of rotatable bonds is 5. The van der Waals surface area contributed by atoms with Crippen molar-refractivity contribution in [3.63, 3.8) is 0 Å². The van der Waals surface area contributed by atoms with E-state index in [1.165, 1.54) is 29.2 Å². The van der Waals surface area contributed by atoms with Crippen molar-refractivity contribution in [1.82, 2.24) is 4.98 Å². The van der Waals surface area contributed by atoms with E-state index in [9.17, 15) is 13.6 Å². The summed E-state index contributed by atoms with van der Waals surface area (Å²) in [5, 5.41) is -0.0768. The van der Waals surface area contributed by atoms with E-state index >= 15 is 0 Å². The van der Waals surface area contributed by atoms with Crippen LogP contribution in [0.2, 0.25) is 0 Å². The number of thioether (sulfide) groups is 1. The van der Waals surface area contributed by atoms with Crippen LogP contribution in [0.15, 0.2) is 22.5 Å². The summed E-state index contributed by atoms with van der Waals surface area (Å²) in [7, 11) is 0. The first-order chi connectivity index (χ1) is 9.86. The van der Waals surface area contributed by atoms with Crippen molar-refractivity contribution in [1.29, 1.82) is 0 Å². The van der Waals surface area contributed by atoms with Crippen LogP contribution in [0.1, 0.15) is 28.3 Å². The second kappa shape index (κ2) is 6.53. The summed E-state index contributed by atoms with van der Waals surface area (Å²) in [6.07, 6.45) is 0.170. The third-order valence-corrected chi connectivity index (χ3v) is 5.31. The summed E-state index contributed by atoms with van der Waals surface area (Å²) in [6.45, 7) is 3.71. The van der Waals surface area contributed by atoms with Gasteiger partial charge in [0, 0.05) is 10.1 Å². The average molecular weight is 328 g/mol. The first-order valence-corrected chi connectivity index (χ1v) is 7.92. The highest BCUT2D eigenvalue weighted by Gasteiger charge is 2.15. The van der Waals surface area contributed by atoms with Gasteiger partial charge in [0.15, 0.2) is 16.0 Å². The van der Waals surface area contributed by atoms with Crippen LogP contribution in [0.5, 0.6) is 0 Å². The third-order valence-electron chi connectivity index (χ3n) is 2.90. The van der Waals surface area contributed by atoms with Gasteiger partial charge in [0.05, 0.1) is 12.1 Å². The molecule has 0 saturated heterocycles. The molecule has 2 rings (SSSR count). The number of primary amides is 1. The first kappa shape index (κ1) is 15.9. The van der Waals surface area contributed by atoms with Crippen molar-refractivity contribution in [3.8, 4) is 0 Å². The molecule has 0 aliphatic carbocycles. The Hall–Kier alpha value is -1.47. The maximum Gasteiger partial charge on any atom is 0.222 e. The van der Waals surface area contributed by atoms with Gasteiger partial charge in [0.1, 0.15) is 0 Å². The molecular weight excluding hydrogens is 314 g/mol. The van der Waals surface area contributed by atoms with Gasteiger partial charge < -0.3 is 5.73 Å². The second-order valence-corrected chi connectivity index (χ2v) is 7.24. The fourth-order valence-corrected chi connectivity index (χ4v) is 4.26. The van der Waals surface area contributed by atoms with E-state index in [1.54, 1.807) is 6.07 Å². The number of halogens is 2. The molecule has 0 radical (unpaired) electrons. The SMILES string of the molecule is Cc1nc(S[C@@H](C)c2ccc(F)c(F)c2)sc1CC(N)=O. The van der Waals surface area contributed by atoms with Gasteiger partial charge in [-0.15, -0.1) is 11.3 Å². The first-order valence-electron chi connectivity index (χ1n) is 6.23. The fourth-order valence-electron chi connectivity index (χ4n) is 1.76. The molecule has 1 heterocycles. The molecule has 0 aliphatic rings. The Kier molecular flexibility index (Phi) is 4.95. The Morgan fingerprint density at radius 2 is 2.14 bits per heavy atom. The predicted molar refractivity (Wildman–Crippen MR) is 80.4 cm³/mol. The summed E-state index contributed by atoms with van der Waals surface area (Å²) >= 11 is 2.84. The van der Waals surface area contributed by atoms with E-state index in [1.807, 2.05) is 13.8 Å². The lowest BCUT2D eigenvalue weighted by Gasteiger charge is -2.09. The number of thiazole rings is 1. The number of aryl methyl sites for hydroxylation is 1. The number of hydrogen-bond donors (Lipinski definition) is 1. The van der Waals surface area contributed by atoms with Gasteiger partial charge in [-0.3, -0.25) is 4.79 Å². The molecule has 1 atom stereocenters. The highest BCUT2D eigenvalue weighted by atomic mass is 32.2. The zero-order valence-corrected chi connectivity index (χ0v) is 13.2. The lowest BCUT2D eigenvalue weighted by atomic mass is 10.1. The van der Waals surface area contributed by atoms with Gasteiger partial charge in [0.25, 0.3) is 0 Å². The maximum absolute atomic E-state index is 13.2. The Morgan fingerprint density at radius 1 is 1.43 bits per heavy atom. The van der Waals surface area contributed by atoms with E-state index in [0.717, 1.165) is 21.0 Å². The highest BCUT2D eigenvalue weighted by Crippen LogP contribution is 2.38. The standard InChI is InChI=1S/C14H14F2N2OS2/c1-7-12(6-13(17)19)21-14(18-7)20-8(2)9-3-4-10(15)11(16)5-9/h3-5,8H,6H2,1-2H3,(H2,17,19)/t8-/m0/s1. The van der Waals surface area contributed by atoms with Gasteiger partial charge in [-0.2, -0.15) is 0 Å². The zero-order chi connectivity index (χ0) is 15.6. The number of benzene rings is 1. The van der Waals surface area contributed by atoms with Crippen molar-refractivity contribution in [2.45, 2.75) is 29.9 Å². The Bertz CT molecular complexity index is 673. The number of carbonyl (C=O) groups excluding carboxylic acids is 1. The Labute approximate surface area is 129 Å². The van der Waals surface area contributed by atoms with Crippen LogP contribution in [0.4, 0.5) is 8.78 Å². The van der Waals surface area contributed by atoms with Crippen LogP contribution in [-0.4, -0.2) is 10.9 Å². The highest BCUT2D eigenvalue weighted by molar-refractivity contribution is 8.01. The minimum absolute atomic E-state index is 0.0768. The van der Waals surface area contributed by atoms with Gasteiger partial charge >= 0.3 is 0 Å². The van der Waals surface area contributed by atoms with Crippen molar-refractivity contribution in [3.05, 3.63) is 46.0 Å². The normalized spacial score (nSPS) is 12.4. The minimum atomic E-state index is -0.857. The van der Waals surface area contributed by atoms with E-state index in [-0.39, 0.29) is 11.7 Å². The molecule has 0 bridgehead atoms. The molecule has 3 nitrogen and oxygen atoms in total. The molecule has 0 saturated carbocycles. The Morgan fingerprint density at radius 3 is 2.76 bits per heavy atom. The molecule has 1 aromatic carbocycles. The minimum Gasteiger partial charge on any atom is -0.369 e. The van der Waals surface area contributed by atoms with Crippen LogP contribution in [0.3, 0.4) is 0 Å². The molecule has 0 fully saturated rings. The molecule has 7 heteroatoms. The molecule has 1 amide bonds. The number of aromatic nitrogens is 1. The molecule has 0 aliphatic heterocycles. The van der Waals surface area contributed by atoms with Crippen molar-refractivity contribution in [2.24, 2.45) is 5.73 Å². The van der Waals surface area contributed by atoms with Crippen LogP contribution in [0.25, 0.3) is 0 Å². The smallest absolute Gasteiger partial charge is 0.222 e. The van der Waals surface area contributed by atoms with E-state index < -0.39 is 17.5 Å². The van der Waals surface area contributed by atoms with Crippen molar-refractivity contribution >= 4 is 29.0 Å². The van der Waals surface area contributed by atoms with Gasteiger partial charge in [-0.25, -0.2) is 13.8 Å². The monoisotopic (exact) mass is 328 g/mol. The van der Waals surface area contributed by atoms with Crippen molar-refractivity contribution < 1.29 is 13.6 Å². The molecule has 0 spiro atoms. The largest absolute Gasteiger partial charge is 0.369 e. The number of nitrogens with zero attached hydrogens (tertiary/aromatic N) is 1. The summed E-state index contributed by atoms with van der Waals surface area (Å²) in [5.74, 6) is -2.11.